The number of hydrogen-bond acceptors (Lipinski definition) is 2. The van der Waals surface area contributed by atoms with Crippen LogP contribution in [0.15, 0.2) is 48.5 Å². The zero-order chi connectivity index (χ0) is 15.2. The van der Waals surface area contributed by atoms with Crippen molar-refractivity contribution in [2.45, 2.75) is 32.8 Å². The summed E-state index contributed by atoms with van der Waals surface area (Å²) in [6.07, 6.45) is 0.704. The molecule has 0 aliphatic rings. The van der Waals surface area contributed by atoms with E-state index in [1.807, 2.05) is 31.2 Å². The number of hydrogen-bond donors (Lipinski definition) is 2. The summed E-state index contributed by atoms with van der Waals surface area (Å²) < 4.78 is 0. The lowest BCUT2D eigenvalue weighted by atomic mass is 10.1. The summed E-state index contributed by atoms with van der Waals surface area (Å²) in [4.78, 5) is 11.9. The summed E-state index contributed by atoms with van der Waals surface area (Å²) in [5.74, 6) is 0.000344. The minimum Gasteiger partial charge on any atom is -0.389 e. The van der Waals surface area contributed by atoms with E-state index in [4.69, 9.17) is 0 Å². The molecule has 0 saturated carbocycles. The van der Waals surface area contributed by atoms with E-state index in [0.717, 1.165) is 17.7 Å². The first-order chi connectivity index (χ1) is 10.0. The fourth-order valence-electron chi connectivity index (χ4n) is 2.08. The molecule has 2 rings (SSSR count). The molecule has 0 heterocycles. The second-order valence-electron chi connectivity index (χ2n) is 5.33. The molecule has 3 heteroatoms. The molecule has 0 aliphatic carbocycles. The average molecular weight is 283 g/mol. The van der Waals surface area contributed by atoms with Gasteiger partial charge in [0.05, 0.1) is 6.10 Å². The summed E-state index contributed by atoms with van der Waals surface area (Å²) in [6.45, 7) is 3.77. The molecular formula is C18H21NO2. The van der Waals surface area contributed by atoms with E-state index in [-0.39, 0.29) is 5.91 Å². The Morgan fingerprint density at radius 2 is 1.71 bits per heavy atom. The van der Waals surface area contributed by atoms with Crippen molar-refractivity contribution in [2.75, 3.05) is 5.32 Å². The molecule has 2 aromatic carbocycles. The van der Waals surface area contributed by atoms with Gasteiger partial charge in [-0.25, -0.2) is 0 Å². The number of aliphatic hydroxyl groups is 1. The van der Waals surface area contributed by atoms with Crippen molar-refractivity contribution < 1.29 is 9.90 Å². The molecular weight excluding hydrogens is 262 g/mol. The highest BCUT2D eigenvalue weighted by atomic mass is 16.3. The molecule has 1 unspecified atom stereocenters. The molecule has 0 fully saturated rings. The molecule has 2 aromatic rings. The van der Waals surface area contributed by atoms with Gasteiger partial charge >= 0.3 is 0 Å². The van der Waals surface area contributed by atoms with Gasteiger partial charge in [-0.3, -0.25) is 4.79 Å². The maximum absolute atomic E-state index is 11.9. The molecule has 3 nitrogen and oxygen atoms in total. The van der Waals surface area contributed by atoms with Crippen molar-refractivity contribution in [1.82, 2.24) is 0 Å². The molecule has 0 aliphatic heterocycles. The fourth-order valence-corrected chi connectivity index (χ4v) is 2.08. The topological polar surface area (TPSA) is 49.3 Å². The Labute approximate surface area is 125 Å². The largest absolute Gasteiger partial charge is 0.389 e. The molecule has 1 amide bonds. The SMILES string of the molecule is Cc1ccc(CCC(=O)Nc2ccc(C(C)O)cc2)cc1. The van der Waals surface area contributed by atoms with E-state index in [0.29, 0.717) is 6.42 Å². The van der Waals surface area contributed by atoms with Gasteiger partial charge in [0.1, 0.15) is 0 Å². The number of anilines is 1. The first kappa shape index (κ1) is 15.3. The van der Waals surface area contributed by atoms with Crippen LogP contribution in [0.2, 0.25) is 0 Å². The van der Waals surface area contributed by atoms with Crippen LogP contribution in [0.4, 0.5) is 5.69 Å². The quantitative estimate of drug-likeness (QED) is 0.880. The summed E-state index contributed by atoms with van der Waals surface area (Å²) in [5.41, 5.74) is 3.99. The standard InChI is InChI=1S/C18H21NO2/c1-13-3-5-15(6-4-13)7-12-18(21)19-17-10-8-16(9-11-17)14(2)20/h3-6,8-11,14,20H,7,12H2,1-2H3,(H,19,21). The first-order valence-corrected chi connectivity index (χ1v) is 7.18. The van der Waals surface area contributed by atoms with Crippen LogP contribution in [-0.2, 0) is 11.2 Å². The van der Waals surface area contributed by atoms with E-state index < -0.39 is 6.10 Å². The summed E-state index contributed by atoms with van der Waals surface area (Å²) in [7, 11) is 0. The van der Waals surface area contributed by atoms with Crippen LogP contribution in [0.25, 0.3) is 0 Å². The van der Waals surface area contributed by atoms with Crippen LogP contribution in [0.1, 0.15) is 36.1 Å². The molecule has 21 heavy (non-hydrogen) atoms. The Morgan fingerprint density at radius 1 is 1.10 bits per heavy atom. The van der Waals surface area contributed by atoms with Crippen molar-refractivity contribution in [2.24, 2.45) is 0 Å². The van der Waals surface area contributed by atoms with Crippen molar-refractivity contribution in [3.63, 3.8) is 0 Å². The maximum atomic E-state index is 11.9. The average Bonchev–Trinajstić information content (AvgIpc) is 2.47. The Bertz CT molecular complexity index is 586. The Kier molecular flexibility index (Phi) is 5.12. The van der Waals surface area contributed by atoms with Crippen molar-refractivity contribution in [1.29, 1.82) is 0 Å². The predicted molar refractivity (Wildman–Crippen MR) is 85.2 cm³/mol. The highest BCUT2D eigenvalue weighted by molar-refractivity contribution is 5.90. The van der Waals surface area contributed by atoms with Gasteiger partial charge in [-0.05, 0) is 43.5 Å². The van der Waals surface area contributed by atoms with Gasteiger partial charge < -0.3 is 10.4 Å². The monoisotopic (exact) mass is 283 g/mol. The molecule has 0 radical (unpaired) electrons. The molecule has 1 atom stereocenters. The van der Waals surface area contributed by atoms with Gasteiger partial charge in [0.2, 0.25) is 5.91 Å². The highest BCUT2D eigenvalue weighted by Crippen LogP contribution is 2.16. The molecule has 0 bridgehead atoms. The van der Waals surface area contributed by atoms with E-state index in [1.54, 1.807) is 6.92 Å². The zero-order valence-electron chi connectivity index (χ0n) is 12.5. The van der Waals surface area contributed by atoms with Crippen LogP contribution in [0.5, 0.6) is 0 Å². The number of rotatable bonds is 5. The van der Waals surface area contributed by atoms with Gasteiger partial charge in [0.25, 0.3) is 0 Å². The number of benzene rings is 2. The minimum absolute atomic E-state index is 0.000344. The second kappa shape index (κ2) is 7.04. The van der Waals surface area contributed by atoms with E-state index in [2.05, 4.69) is 29.6 Å². The number of carbonyl (C=O) groups is 1. The first-order valence-electron chi connectivity index (χ1n) is 7.18. The lowest BCUT2D eigenvalue weighted by Crippen LogP contribution is -2.12. The summed E-state index contributed by atoms with van der Waals surface area (Å²) >= 11 is 0. The predicted octanol–water partition coefficient (Wildman–Crippen LogP) is 3.62. The molecule has 0 saturated heterocycles. The number of aryl methyl sites for hydroxylation is 2. The minimum atomic E-state index is -0.490. The van der Waals surface area contributed by atoms with Crippen LogP contribution in [0.3, 0.4) is 0 Å². The Hall–Kier alpha value is -2.13. The lowest BCUT2D eigenvalue weighted by molar-refractivity contribution is -0.116. The highest BCUT2D eigenvalue weighted by Gasteiger charge is 2.05. The van der Waals surface area contributed by atoms with Gasteiger partial charge in [0.15, 0.2) is 0 Å². The second-order valence-corrected chi connectivity index (χ2v) is 5.33. The molecule has 2 N–H and O–H groups in total. The Balaban J connectivity index is 1.85. The third-order valence-electron chi connectivity index (χ3n) is 3.44. The van der Waals surface area contributed by atoms with Crippen molar-refractivity contribution in [3.8, 4) is 0 Å². The summed E-state index contributed by atoms with van der Waals surface area (Å²) in [5, 5.41) is 12.3. The number of amides is 1. The zero-order valence-corrected chi connectivity index (χ0v) is 12.5. The number of carbonyl (C=O) groups excluding carboxylic acids is 1. The summed E-state index contributed by atoms with van der Waals surface area (Å²) in [6, 6.07) is 15.5. The van der Waals surface area contributed by atoms with E-state index in [1.165, 1.54) is 11.1 Å². The van der Waals surface area contributed by atoms with Crippen LogP contribution < -0.4 is 5.32 Å². The van der Waals surface area contributed by atoms with Crippen LogP contribution >= 0.6 is 0 Å². The smallest absolute Gasteiger partial charge is 0.224 e. The van der Waals surface area contributed by atoms with Crippen LogP contribution in [0, 0.1) is 6.92 Å². The number of nitrogens with one attached hydrogen (secondary N) is 1. The fraction of sp³-hybridized carbons (Fsp3) is 0.278. The Morgan fingerprint density at radius 3 is 2.29 bits per heavy atom. The normalized spacial score (nSPS) is 12.0. The van der Waals surface area contributed by atoms with Gasteiger partial charge in [-0.1, -0.05) is 42.0 Å². The molecule has 0 spiro atoms. The van der Waals surface area contributed by atoms with Gasteiger partial charge in [0, 0.05) is 12.1 Å². The van der Waals surface area contributed by atoms with Crippen molar-refractivity contribution >= 4 is 11.6 Å². The number of aliphatic hydroxyl groups excluding tert-OH is 1. The van der Waals surface area contributed by atoms with E-state index >= 15 is 0 Å². The van der Waals surface area contributed by atoms with Crippen molar-refractivity contribution in [3.05, 3.63) is 65.2 Å². The molecule has 0 aromatic heterocycles. The van der Waals surface area contributed by atoms with Crippen LogP contribution in [-0.4, -0.2) is 11.0 Å². The maximum Gasteiger partial charge on any atom is 0.224 e. The van der Waals surface area contributed by atoms with Gasteiger partial charge in [-0.2, -0.15) is 0 Å². The lowest BCUT2D eigenvalue weighted by Gasteiger charge is -2.08. The third-order valence-corrected chi connectivity index (χ3v) is 3.44. The third kappa shape index (κ3) is 4.72. The van der Waals surface area contributed by atoms with E-state index in [9.17, 15) is 9.90 Å². The van der Waals surface area contributed by atoms with Gasteiger partial charge in [-0.15, -0.1) is 0 Å². The molecule has 110 valence electrons.